The Bertz CT molecular complexity index is 795. The summed E-state index contributed by atoms with van der Waals surface area (Å²) in [6.07, 6.45) is 60.7. The van der Waals surface area contributed by atoms with E-state index in [2.05, 4.69) is 62.5 Å². The summed E-state index contributed by atoms with van der Waals surface area (Å²) in [5, 5.41) is 0. The highest BCUT2D eigenvalue weighted by Gasteiger charge is 2.61. The molecule has 3 fully saturated rings. The van der Waals surface area contributed by atoms with Crippen molar-refractivity contribution in [1.29, 1.82) is 0 Å². The predicted octanol–water partition coefficient (Wildman–Crippen LogP) is 14.8. The van der Waals surface area contributed by atoms with Gasteiger partial charge in [-0.3, -0.25) is 0 Å². The number of fused-ring (bicyclic) bond motifs is 1. The molecule has 2 nitrogen and oxygen atoms in total. The van der Waals surface area contributed by atoms with Crippen molar-refractivity contribution < 1.29 is 9.47 Å². The van der Waals surface area contributed by atoms with E-state index in [0.717, 1.165) is 12.8 Å². The number of ether oxygens (including phenoxy) is 2. The highest BCUT2D eigenvalue weighted by Crippen LogP contribution is 2.61. The molecule has 1 saturated heterocycles. The zero-order chi connectivity index (χ0) is 33.1. The minimum Gasteiger partial charge on any atom is -0.344 e. The summed E-state index contributed by atoms with van der Waals surface area (Å²) in [5.74, 6) is -0.202. The van der Waals surface area contributed by atoms with Crippen molar-refractivity contribution in [1.82, 2.24) is 0 Å². The Labute approximate surface area is 293 Å². The molecule has 0 aromatic heterocycles. The third kappa shape index (κ3) is 17.4. The summed E-state index contributed by atoms with van der Waals surface area (Å²) in [4.78, 5) is 0. The third-order valence-corrected chi connectivity index (χ3v) is 11.2. The number of allylic oxidation sites excluding steroid dienone is 8. The molecule has 0 radical (unpaired) electrons. The first-order valence-corrected chi connectivity index (χ1v) is 21.2. The van der Waals surface area contributed by atoms with Gasteiger partial charge in [-0.2, -0.15) is 0 Å². The van der Waals surface area contributed by atoms with Gasteiger partial charge < -0.3 is 9.47 Å². The maximum Gasteiger partial charge on any atom is 0.170 e. The normalized spacial score (nSPS) is 21.7. The van der Waals surface area contributed by atoms with Crippen LogP contribution < -0.4 is 0 Å². The lowest BCUT2D eigenvalue weighted by Crippen LogP contribution is -2.53. The number of unbranched alkanes of at least 4 members (excludes halogenated alkanes) is 18. The quantitative estimate of drug-likeness (QED) is 0.0569. The van der Waals surface area contributed by atoms with E-state index in [-0.39, 0.29) is 5.79 Å². The number of hydrogen-bond donors (Lipinski definition) is 0. The molecule has 0 N–H and O–H groups in total. The van der Waals surface area contributed by atoms with Crippen LogP contribution in [0.5, 0.6) is 0 Å². The molecule has 2 saturated carbocycles. The molecule has 0 amide bonds. The van der Waals surface area contributed by atoms with E-state index in [0.29, 0.717) is 17.6 Å². The lowest BCUT2D eigenvalue weighted by atomic mass is 9.59. The molecule has 0 bridgehead atoms. The van der Waals surface area contributed by atoms with E-state index in [1.807, 2.05) is 0 Å². The molecular formula is C45H78O2. The lowest BCUT2D eigenvalue weighted by Gasteiger charge is -2.54. The predicted molar refractivity (Wildman–Crippen MR) is 206 cm³/mol. The highest BCUT2D eigenvalue weighted by atomic mass is 16.8. The summed E-state index contributed by atoms with van der Waals surface area (Å²) >= 11 is 0. The molecule has 2 heteroatoms. The molecule has 1 aliphatic heterocycles. The lowest BCUT2D eigenvalue weighted by molar-refractivity contribution is -0.280. The Hall–Kier alpha value is -1.12. The van der Waals surface area contributed by atoms with E-state index in [4.69, 9.17) is 9.47 Å². The Morgan fingerprint density at radius 1 is 0.447 bits per heavy atom. The third-order valence-electron chi connectivity index (χ3n) is 11.2. The molecule has 0 aromatic rings. The summed E-state index contributed by atoms with van der Waals surface area (Å²) in [5.41, 5.74) is 0.489. The van der Waals surface area contributed by atoms with Gasteiger partial charge in [0, 0.05) is 12.8 Å². The van der Waals surface area contributed by atoms with Crippen LogP contribution >= 0.6 is 0 Å². The molecular weight excluding hydrogens is 572 g/mol. The van der Waals surface area contributed by atoms with Crippen LogP contribution in [0.3, 0.4) is 0 Å². The Kier molecular flexibility index (Phi) is 22.1. The van der Waals surface area contributed by atoms with Gasteiger partial charge in [-0.15, -0.1) is 0 Å². The molecule has 1 heterocycles. The zero-order valence-corrected chi connectivity index (χ0v) is 31.5. The maximum atomic E-state index is 6.59. The van der Waals surface area contributed by atoms with Crippen molar-refractivity contribution in [2.45, 2.75) is 231 Å². The fraction of sp³-hybridized carbons (Fsp3) is 0.822. The number of rotatable bonds is 30. The topological polar surface area (TPSA) is 18.5 Å². The van der Waals surface area contributed by atoms with Crippen molar-refractivity contribution in [3.8, 4) is 0 Å². The molecule has 2 aliphatic carbocycles. The molecule has 3 rings (SSSR count). The second-order valence-corrected chi connectivity index (χ2v) is 15.7. The van der Waals surface area contributed by atoms with E-state index in [1.165, 1.54) is 186 Å². The van der Waals surface area contributed by atoms with Gasteiger partial charge in [0.25, 0.3) is 0 Å². The van der Waals surface area contributed by atoms with Crippen LogP contribution in [0.15, 0.2) is 48.6 Å². The standard InChI is InChI=1S/C45H78O2/c1-3-5-7-9-11-13-15-17-19-21-23-25-27-29-31-33-38-44(40-45(41-44)46-42-36-35-37-43(42)47-45)39-34-32-30-28-26-24-22-20-18-16-14-12-10-8-6-4-2/h11-14,17-20,42-43H,3-10,15-16,21-41H2,1-2H3/b13-11-,14-12-,19-17-,20-18-/t42-,43+. The molecule has 0 aromatic carbocycles. The summed E-state index contributed by atoms with van der Waals surface area (Å²) in [7, 11) is 0. The van der Waals surface area contributed by atoms with Crippen LogP contribution in [0.25, 0.3) is 0 Å². The van der Waals surface area contributed by atoms with Crippen molar-refractivity contribution in [2.24, 2.45) is 5.41 Å². The van der Waals surface area contributed by atoms with Gasteiger partial charge in [-0.25, -0.2) is 0 Å². The summed E-state index contributed by atoms with van der Waals surface area (Å²) in [6.45, 7) is 4.55. The smallest absolute Gasteiger partial charge is 0.170 e. The van der Waals surface area contributed by atoms with Crippen molar-refractivity contribution in [3.63, 3.8) is 0 Å². The maximum absolute atomic E-state index is 6.59. The van der Waals surface area contributed by atoms with Crippen LogP contribution in [0.2, 0.25) is 0 Å². The van der Waals surface area contributed by atoms with Gasteiger partial charge in [0.05, 0.1) is 12.2 Å². The molecule has 270 valence electrons. The monoisotopic (exact) mass is 651 g/mol. The zero-order valence-electron chi connectivity index (χ0n) is 31.5. The van der Waals surface area contributed by atoms with E-state index >= 15 is 0 Å². The molecule has 3 aliphatic rings. The van der Waals surface area contributed by atoms with Crippen LogP contribution in [-0.2, 0) is 9.47 Å². The first-order valence-electron chi connectivity index (χ1n) is 21.2. The minimum absolute atomic E-state index is 0.202. The molecule has 2 atom stereocenters. The second-order valence-electron chi connectivity index (χ2n) is 15.7. The number of hydrogen-bond acceptors (Lipinski definition) is 2. The van der Waals surface area contributed by atoms with Gasteiger partial charge in [0.1, 0.15) is 0 Å². The first kappa shape index (κ1) is 40.3. The Balaban J connectivity index is 1.21. The van der Waals surface area contributed by atoms with Gasteiger partial charge in [-0.1, -0.05) is 152 Å². The first-order chi connectivity index (χ1) is 23.2. The van der Waals surface area contributed by atoms with E-state index in [1.54, 1.807) is 0 Å². The fourth-order valence-electron chi connectivity index (χ4n) is 8.45. The van der Waals surface area contributed by atoms with Crippen LogP contribution in [-0.4, -0.2) is 18.0 Å². The second kappa shape index (κ2) is 25.8. The SMILES string of the molecule is CCCCC/C=C\C/C=C\CCCCCCCCC1(CCCCCCCC/C=C\C/C=C\CCCCC)CC2(C1)O[C@H]1CCC[C@H]1O2. The molecule has 0 unspecified atom stereocenters. The molecule has 1 spiro atoms. The van der Waals surface area contributed by atoms with Crippen molar-refractivity contribution in [2.75, 3.05) is 0 Å². The van der Waals surface area contributed by atoms with E-state index < -0.39 is 0 Å². The van der Waals surface area contributed by atoms with Gasteiger partial charge in [0.2, 0.25) is 0 Å². The minimum atomic E-state index is -0.202. The van der Waals surface area contributed by atoms with Gasteiger partial charge in [-0.05, 0) is 102 Å². The largest absolute Gasteiger partial charge is 0.344 e. The van der Waals surface area contributed by atoms with Crippen LogP contribution in [0, 0.1) is 5.41 Å². The van der Waals surface area contributed by atoms with Gasteiger partial charge in [0.15, 0.2) is 5.79 Å². The molecule has 47 heavy (non-hydrogen) atoms. The Morgan fingerprint density at radius 2 is 0.809 bits per heavy atom. The summed E-state index contributed by atoms with van der Waals surface area (Å²) in [6, 6.07) is 0. The van der Waals surface area contributed by atoms with Crippen LogP contribution in [0.4, 0.5) is 0 Å². The summed E-state index contributed by atoms with van der Waals surface area (Å²) < 4.78 is 13.2. The average molecular weight is 651 g/mol. The average Bonchev–Trinajstić information content (AvgIpc) is 3.64. The van der Waals surface area contributed by atoms with E-state index in [9.17, 15) is 0 Å². The van der Waals surface area contributed by atoms with Gasteiger partial charge >= 0.3 is 0 Å². The van der Waals surface area contributed by atoms with Crippen molar-refractivity contribution in [3.05, 3.63) is 48.6 Å². The van der Waals surface area contributed by atoms with Crippen LogP contribution in [0.1, 0.15) is 213 Å². The highest BCUT2D eigenvalue weighted by molar-refractivity contribution is 5.05. The van der Waals surface area contributed by atoms with Crippen molar-refractivity contribution >= 4 is 0 Å². The Morgan fingerprint density at radius 3 is 1.21 bits per heavy atom. The fourth-order valence-corrected chi connectivity index (χ4v) is 8.45.